The third kappa shape index (κ3) is 4.45. The molecule has 0 fully saturated rings. The van der Waals surface area contributed by atoms with Gasteiger partial charge in [0.25, 0.3) is 0 Å². The fourth-order valence-electron chi connectivity index (χ4n) is 1.75. The van der Waals surface area contributed by atoms with Crippen molar-refractivity contribution in [2.45, 2.75) is 32.2 Å². The number of benzene rings is 1. The van der Waals surface area contributed by atoms with Gasteiger partial charge in [0, 0.05) is 18.7 Å². The van der Waals surface area contributed by atoms with E-state index >= 15 is 0 Å². The Balaban J connectivity index is 2.55. The van der Waals surface area contributed by atoms with Crippen molar-refractivity contribution in [1.82, 2.24) is 0 Å². The lowest BCUT2D eigenvalue weighted by molar-refractivity contribution is 0.395. The van der Waals surface area contributed by atoms with E-state index in [9.17, 15) is 0 Å². The minimum Gasteiger partial charge on any atom is -0.497 e. The summed E-state index contributed by atoms with van der Waals surface area (Å²) in [5, 5.41) is 3.32. The zero-order chi connectivity index (χ0) is 13.4. The Hall–Kier alpha value is -1.42. The van der Waals surface area contributed by atoms with Crippen LogP contribution < -0.4 is 20.5 Å². The summed E-state index contributed by atoms with van der Waals surface area (Å²) in [5.74, 6) is 1.56. The van der Waals surface area contributed by atoms with Crippen LogP contribution >= 0.6 is 0 Å². The predicted molar refractivity (Wildman–Crippen MR) is 75.5 cm³/mol. The predicted octanol–water partition coefficient (Wildman–Crippen LogP) is 2.63. The van der Waals surface area contributed by atoms with Crippen LogP contribution in [0.1, 0.15) is 26.2 Å². The Bertz CT molecular complexity index is 356. The summed E-state index contributed by atoms with van der Waals surface area (Å²) in [6.45, 7) is 2.93. The monoisotopic (exact) mass is 252 g/mol. The molecule has 0 spiro atoms. The van der Waals surface area contributed by atoms with Gasteiger partial charge in [0.15, 0.2) is 0 Å². The second-order valence-electron chi connectivity index (χ2n) is 4.35. The van der Waals surface area contributed by atoms with Crippen LogP contribution in [0.15, 0.2) is 18.2 Å². The lowest BCUT2D eigenvalue weighted by Crippen LogP contribution is -2.29. The fraction of sp³-hybridized carbons (Fsp3) is 0.571. The first-order valence-corrected chi connectivity index (χ1v) is 6.42. The van der Waals surface area contributed by atoms with Crippen LogP contribution in [0.4, 0.5) is 5.69 Å². The number of nitrogens with one attached hydrogen (secondary N) is 1. The molecule has 3 N–H and O–H groups in total. The van der Waals surface area contributed by atoms with Crippen LogP contribution in [0, 0.1) is 0 Å². The number of hydrogen-bond donors (Lipinski definition) is 2. The fourth-order valence-corrected chi connectivity index (χ4v) is 1.75. The Morgan fingerprint density at radius 2 is 2.06 bits per heavy atom. The molecule has 0 bridgehead atoms. The van der Waals surface area contributed by atoms with Crippen LogP contribution in [0.25, 0.3) is 0 Å². The molecule has 0 aliphatic carbocycles. The lowest BCUT2D eigenvalue weighted by atomic mass is 10.1. The summed E-state index contributed by atoms with van der Waals surface area (Å²) in [5.41, 5.74) is 6.98. The highest BCUT2D eigenvalue weighted by Gasteiger charge is 2.06. The molecule has 18 heavy (non-hydrogen) atoms. The van der Waals surface area contributed by atoms with E-state index in [2.05, 4.69) is 12.2 Å². The van der Waals surface area contributed by atoms with Crippen molar-refractivity contribution in [1.29, 1.82) is 0 Å². The number of nitrogens with two attached hydrogens (primary N) is 1. The number of methoxy groups -OCH3 is 2. The third-order valence-corrected chi connectivity index (χ3v) is 2.89. The normalized spacial score (nSPS) is 12.0. The summed E-state index contributed by atoms with van der Waals surface area (Å²) in [4.78, 5) is 0. The van der Waals surface area contributed by atoms with Crippen LogP contribution in [0.5, 0.6) is 11.5 Å². The molecular weight excluding hydrogens is 228 g/mol. The Morgan fingerprint density at radius 3 is 2.67 bits per heavy atom. The van der Waals surface area contributed by atoms with Crippen LogP contribution in [0.2, 0.25) is 0 Å². The van der Waals surface area contributed by atoms with E-state index in [1.54, 1.807) is 14.2 Å². The van der Waals surface area contributed by atoms with E-state index < -0.39 is 0 Å². The van der Waals surface area contributed by atoms with Crippen LogP contribution in [-0.4, -0.2) is 26.8 Å². The first kappa shape index (κ1) is 14.6. The molecule has 4 heteroatoms. The molecule has 0 aromatic heterocycles. The standard InChI is InChI=1S/C14H24N2O2/c1-4-5-6-11(15)10-16-13-8-7-12(17-2)9-14(13)18-3/h7-9,11,16H,4-6,10,15H2,1-3H3. The average molecular weight is 252 g/mol. The minimum atomic E-state index is 0.178. The van der Waals surface area contributed by atoms with Gasteiger partial charge in [-0.05, 0) is 18.6 Å². The molecule has 1 unspecified atom stereocenters. The molecule has 0 radical (unpaired) electrons. The number of ether oxygens (including phenoxy) is 2. The van der Waals surface area contributed by atoms with Crippen molar-refractivity contribution in [2.24, 2.45) is 5.73 Å². The Kier molecular flexibility index (Phi) is 6.36. The highest BCUT2D eigenvalue weighted by atomic mass is 16.5. The van der Waals surface area contributed by atoms with Crippen molar-refractivity contribution in [3.63, 3.8) is 0 Å². The Labute approximate surface area is 109 Å². The SMILES string of the molecule is CCCCC(N)CNc1ccc(OC)cc1OC. The van der Waals surface area contributed by atoms with Crippen molar-refractivity contribution in [3.8, 4) is 11.5 Å². The van der Waals surface area contributed by atoms with Crippen molar-refractivity contribution >= 4 is 5.69 Å². The van der Waals surface area contributed by atoms with E-state index in [-0.39, 0.29) is 6.04 Å². The van der Waals surface area contributed by atoms with Gasteiger partial charge in [0.2, 0.25) is 0 Å². The molecule has 0 aliphatic heterocycles. The van der Waals surface area contributed by atoms with Gasteiger partial charge in [-0.2, -0.15) is 0 Å². The highest BCUT2D eigenvalue weighted by Crippen LogP contribution is 2.28. The summed E-state index contributed by atoms with van der Waals surface area (Å²) in [6.07, 6.45) is 3.39. The molecule has 0 saturated carbocycles. The molecule has 0 aliphatic rings. The highest BCUT2D eigenvalue weighted by molar-refractivity contribution is 5.59. The van der Waals surface area contributed by atoms with Crippen molar-refractivity contribution in [2.75, 3.05) is 26.1 Å². The zero-order valence-corrected chi connectivity index (χ0v) is 11.5. The summed E-state index contributed by atoms with van der Waals surface area (Å²) < 4.78 is 10.5. The van der Waals surface area contributed by atoms with Crippen molar-refractivity contribution in [3.05, 3.63) is 18.2 Å². The summed E-state index contributed by atoms with van der Waals surface area (Å²) >= 11 is 0. The minimum absolute atomic E-state index is 0.178. The molecule has 4 nitrogen and oxygen atoms in total. The first-order chi connectivity index (χ1) is 8.71. The van der Waals surface area contributed by atoms with E-state index in [4.69, 9.17) is 15.2 Å². The second-order valence-corrected chi connectivity index (χ2v) is 4.35. The van der Waals surface area contributed by atoms with Gasteiger partial charge < -0.3 is 20.5 Å². The molecule has 102 valence electrons. The molecule has 0 heterocycles. The topological polar surface area (TPSA) is 56.5 Å². The molecule has 1 atom stereocenters. The van der Waals surface area contributed by atoms with Crippen LogP contribution in [-0.2, 0) is 0 Å². The Morgan fingerprint density at radius 1 is 1.28 bits per heavy atom. The largest absolute Gasteiger partial charge is 0.497 e. The van der Waals surface area contributed by atoms with Crippen molar-refractivity contribution < 1.29 is 9.47 Å². The van der Waals surface area contributed by atoms with Gasteiger partial charge >= 0.3 is 0 Å². The van der Waals surface area contributed by atoms with E-state index in [0.717, 1.165) is 30.2 Å². The maximum absolute atomic E-state index is 6.03. The second kappa shape index (κ2) is 7.82. The van der Waals surface area contributed by atoms with Gasteiger partial charge in [-0.15, -0.1) is 0 Å². The number of unbranched alkanes of at least 4 members (excludes halogenated alkanes) is 1. The van der Waals surface area contributed by atoms with Gasteiger partial charge in [0.1, 0.15) is 11.5 Å². The molecule has 1 aromatic rings. The van der Waals surface area contributed by atoms with Gasteiger partial charge in [0.05, 0.1) is 19.9 Å². The number of anilines is 1. The van der Waals surface area contributed by atoms with E-state index in [1.807, 2.05) is 18.2 Å². The molecule has 0 saturated heterocycles. The molecule has 1 aromatic carbocycles. The van der Waals surface area contributed by atoms with Gasteiger partial charge in [-0.3, -0.25) is 0 Å². The zero-order valence-electron chi connectivity index (χ0n) is 11.5. The molecule has 1 rings (SSSR count). The number of rotatable bonds is 8. The third-order valence-electron chi connectivity index (χ3n) is 2.89. The summed E-state index contributed by atoms with van der Waals surface area (Å²) in [7, 11) is 3.29. The van der Waals surface area contributed by atoms with E-state index in [1.165, 1.54) is 12.8 Å². The smallest absolute Gasteiger partial charge is 0.145 e. The van der Waals surface area contributed by atoms with Crippen LogP contribution in [0.3, 0.4) is 0 Å². The quantitative estimate of drug-likeness (QED) is 0.746. The first-order valence-electron chi connectivity index (χ1n) is 6.42. The van der Waals surface area contributed by atoms with Gasteiger partial charge in [-0.25, -0.2) is 0 Å². The lowest BCUT2D eigenvalue weighted by Gasteiger charge is -2.16. The molecule has 0 amide bonds. The average Bonchev–Trinajstić information content (AvgIpc) is 2.42. The summed E-state index contributed by atoms with van der Waals surface area (Å²) in [6, 6.07) is 5.89. The van der Waals surface area contributed by atoms with E-state index in [0.29, 0.717) is 0 Å². The maximum atomic E-state index is 6.03. The van der Waals surface area contributed by atoms with Gasteiger partial charge in [-0.1, -0.05) is 19.8 Å². The maximum Gasteiger partial charge on any atom is 0.145 e. The number of hydrogen-bond acceptors (Lipinski definition) is 4. The molecular formula is C14H24N2O2.